The number of carbonyl (C=O) groups excluding carboxylic acids is 1. The molecule has 2 rings (SSSR count). The molecule has 0 saturated carbocycles. The van der Waals surface area contributed by atoms with Crippen LogP contribution in [0.3, 0.4) is 0 Å². The Balaban J connectivity index is 2.24. The van der Waals surface area contributed by atoms with Crippen LogP contribution in [-0.2, 0) is 0 Å². The van der Waals surface area contributed by atoms with Gasteiger partial charge in [0.2, 0.25) is 0 Å². The molecule has 4 nitrogen and oxygen atoms in total. The number of nitrogens with zero attached hydrogens (tertiary/aromatic N) is 2. The lowest BCUT2D eigenvalue weighted by molar-refractivity contribution is 0.0675. The molecule has 1 aliphatic heterocycles. The van der Waals surface area contributed by atoms with Gasteiger partial charge in [-0.15, -0.1) is 0 Å². The Kier molecular flexibility index (Phi) is 5.23. The molecule has 1 amide bonds. The van der Waals surface area contributed by atoms with Crippen LogP contribution in [0.25, 0.3) is 0 Å². The molecule has 1 aromatic rings. The summed E-state index contributed by atoms with van der Waals surface area (Å²) in [6.07, 6.45) is 2.05. The molecule has 1 saturated heterocycles. The van der Waals surface area contributed by atoms with E-state index < -0.39 is 0 Å². The number of benzene rings is 1. The van der Waals surface area contributed by atoms with Gasteiger partial charge >= 0.3 is 0 Å². The Bertz CT molecular complexity index is 501. The second-order valence-electron chi connectivity index (χ2n) is 5.96. The number of anilines is 1. The van der Waals surface area contributed by atoms with Crippen LogP contribution in [0.2, 0.25) is 0 Å². The van der Waals surface area contributed by atoms with Crippen LogP contribution in [0.15, 0.2) is 18.2 Å². The van der Waals surface area contributed by atoms with E-state index in [1.165, 1.54) is 0 Å². The Morgan fingerprint density at radius 3 is 2.76 bits per heavy atom. The second kappa shape index (κ2) is 6.94. The third-order valence-corrected chi connectivity index (χ3v) is 4.38. The fraction of sp³-hybridized carbons (Fsp3) is 0.588. The van der Waals surface area contributed by atoms with E-state index in [1.54, 1.807) is 0 Å². The lowest BCUT2D eigenvalue weighted by Crippen LogP contribution is -2.43. The quantitative estimate of drug-likeness (QED) is 0.929. The van der Waals surface area contributed by atoms with Crippen molar-refractivity contribution < 1.29 is 4.79 Å². The molecule has 0 aromatic heterocycles. The van der Waals surface area contributed by atoms with Crippen molar-refractivity contribution in [2.24, 2.45) is 0 Å². The van der Waals surface area contributed by atoms with Crippen LogP contribution < -0.4 is 5.32 Å². The molecule has 21 heavy (non-hydrogen) atoms. The normalized spacial score (nSPS) is 20.2. The minimum absolute atomic E-state index is 0.178. The van der Waals surface area contributed by atoms with Crippen LogP contribution in [0.4, 0.5) is 5.69 Å². The molecule has 0 bridgehead atoms. The van der Waals surface area contributed by atoms with E-state index >= 15 is 0 Å². The van der Waals surface area contributed by atoms with Crippen LogP contribution in [0.1, 0.15) is 35.7 Å². The van der Waals surface area contributed by atoms with Crippen molar-refractivity contribution in [3.63, 3.8) is 0 Å². The number of nitrogens with one attached hydrogen (secondary N) is 1. The zero-order chi connectivity index (χ0) is 15.4. The Labute approximate surface area is 128 Å². The van der Waals surface area contributed by atoms with Gasteiger partial charge in [0.1, 0.15) is 0 Å². The summed E-state index contributed by atoms with van der Waals surface area (Å²) in [5, 5.41) is 3.12. The average molecular weight is 289 g/mol. The van der Waals surface area contributed by atoms with Crippen molar-refractivity contribution in [3.05, 3.63) is 29.3 Å². The van der Waals surface area contributed by atoms with Crippen molar-refractivity contribution in [3.8, 4) is 0 Å². The molecule has 0 aliphatic carbocycles. The summed E-state index contributed by atoms with van der Waals surface area (Å²) in [6, 6.07) is 6.28. The fourth-order valence-corrected chi connectivity index (χ4v) is 3.07. The standard InChI is InChI=1S/C17H27N3O/c1-5-15-12-19(4)9-6-10-20(15)17(21)16-8-7-14(18-3)11-13(16)2/h7-8,11,15,18H,5-6,9-10,12H2,1-4H3. The van der Waals surface area contributed by atoms with E-state index in [4.69, 9.17) is 0 Å². The maximum atomic E-state index is 12.9. The first-order chi connectivity index (χ1) is 10.1. The second-order valence-corrected chi connectivity index (χ2v) is 5.96. The highest BCUT2D eigenvalue weighted by molar-refractivity contribution is 5.96. The Morgan fingerprint density at radius 2 is 2.14 bits per heavy atom. The molecule has 1 N–H and O–H groups in total. The number of aryl methyl sites for hydroxylation is 1. The first-order valence-corrected chi connectivity index (χ1v) is 7.84. The molecular weight excluding hydrogens is 262 g/mol. The van der Waals surface area contributed by atoms with Crippen LogP contribution in [-0.4, -0.2) is 55.5 Å². The molecule has 1 aromatic carbocycles. The molecule has 1 atom stereocenters. The van der Waals surface area contributed by atoms with Crippen molar-refractivity contribution >= 4 is 11.6 Å². The summed E-state index contributed by atoms with van der Waals surface area (Å²) in [5.41, 5.74) is 2.92. The lowest BCUT2D eigenvalue weighted by Gasteiger charge is -2.30. The highest BCUT2D eigenvalue weighted by Gasteiger charge is 2.27. The predicted molar refractivity (Wildman–Crippen MR) is 88.0 cm³/mol. The largest absolute Gasteiger partial charge is 0.388 e. The molecule has 0 spiro atoms. The summed E-state index contributed by atoms with van der Waals surface area (Å²) in [4.78, 5) is 17.3. The monoisotopic (exact) mass is 289 g/mol. The maximum absolute atomic E-state index is 12.9. The minimum atomic E-state index is 0.178. The molecule has 0 radical (unpaired) electrons. The van der Waals surface area contributed by atoms with Gasteiger partial charge in [0.15, 0.2) is 0 Å². The van der Waals surface area contributed by atoms with Crippen molar-refractivity contribution in [1.82, 2.24) is 9.80 Å². The topological polar surface area (TPSA) is 35.6 Å². The van der Waals surface area contributed by atoms with Gasteiger partial charge in [0.05, 0.1) is 0 Å². The van der Waals surface area contributed by atoms with Crippen molar-refractivity contribution in [2.75, 3.05) is 39.0 Å². The Morgan fingerprint density at radius 1 is 1.38 bits per heavy atom. The number of amides is 1. The summed E-state index contributed by atoms with van der Waals surface area (Å²) < 4.78 is 0. The third kappa shape index (κ3) is 3.56. The number of hydrogen-bond donors (Lipinski definition) is 1. The van der Waals surface area contributed by atoms with Crippen LogP contribution in [0, 0.1) is 6.92 Å². The molecule has 1 heterocycles. The zero-order valence-electron chi connectivity index (χ0n) is 13.6. The molecule has 116 valence electrons. The third-order valence-electron chi connectivity index (χ3n) is 4.38. The summed E-state index contributed by atoms with van der Waals surface area (Å²) in [5.74, 6) is 0.178. The van der Waals surface area contributed by atoms with Gasteiger partial charge in [0, 0.05) is 37.4 Å². The molecular formula is C17H27N3O. The van der Waals surface area contributed by atoms with Crippen LogP contribution in [0.5, 0.6) is 0 Å². The van der Waals surface area contributed by atoms with Gasteiger partial charge in [-0.25, -0.2) is 0 Å². The van der Waals surface area contributed by atoms with E-state index in [9.17, 15) is 4.79 Å². The van der Waals surface area contributed by atoms with Gasteiger partial charge in [0.25, 0.3) is 5.91 Å². The summed E-state index contributed by atoms with van der Waals surface area (Å²) in [6.45, 7) is 7.07. The molecule has 1 fully saturated rings. The van der Waals surface area contributed by atoms with E-state index in [-0.39, 0.29) is 5.91 Å². The number of rotatable bonds is 3. The van der Waals surface area contributed by atoms with Crippen molar-refractivity contribution in [2.45, 2.75) is 32.7 Å². The number of likely N-dealkylation sites (N-methyl/N-ethyl adjacent to an activating group) is 1. The molecule has 1 unspecified atom stereocenters. The van der Waals surface area contributed by atoms with Gasteiger partial charge in [-0.2, -0.15) is 0 Å². The van der Waals surface area contributed by atoms with Gasteiger partial charge in [-0.3, -0.25) is 4.79 Å². The number of carbonyl (C=O) groups is 1. The predicted octanol–water partition coefficient (Wildman–Crippen LogP) is 2.59. The van der Waals surface area contributed by atoms with E-state index in [1.807, 2.05) is 32.2 Å². The highest BCUT2D eigenvalue weighted by atomic mass is 16.2. The first-order valence-electron chi connectivity index (χ1n) is 7.84. The van der Waals surface area contributed by atoms with E-state index in [0.29, 0.717) is 6.04 Å². The van der Waals surface area contributed by atoms with Gasteiger partial charge in [-0.05, 0) is 57.1 Å². The zero-order valence-corrected chi connectivity index (χ0v) is 13.6. The van der Waals surface area contributed by atoms with Crippen molar-refractivity contribution in [1.29, 1.82) is 0 Å². The van der Waals surface area contributed by atoms with Crippen LogP contribution >= 0.6 is 0 Å². The minimum Gasteiger partial charge on any atom is -0.388 e. The maximum Gasteiger partial charge on any atom is 0.254 e. The average Bonchev–Trinajstić information content (AvgIpc) is 2.67. The smallest absolute Gasteiger partial charge is 0.254 e. The van der Waals surface area contributed by atoms with E-state index in [0.717, 1.165) is 49.3 Å². The summed E-state index contributed by atoms with van der Waals surface area (Å²) >= 11 is 0. The summed E-state index contributed by atoms with van der Waals surface area (Å²) in [7, 11) is 4.04. The Hall–Kier alpha value is -1.55. The highest BCUT2D eigenvalue weighted by Crippen LogP contribution is 2.20. The fourth-order valence-electron chi connectivity index (χ4n) is 3.07. The first kappa shape index (κ1) is 15.8. The van der Waals surface area contributed by atoms with E-state index in [2.05, 4.69) is 29.1 Å². The lowest BCUT2D eigenvalue weighted by atomic mass is 10.0. The SMILES string of the molecule is CCC1CN(C)CCCN1C(=O)c1ccc(NC)cc1C. The molecule has 1 aliphatic rings. The number of hydrogen-bond acceptors (Lipinski definition) is 3. The van der Waals surface area contributed by atoms with Gasteiger partial charge in [-0.1, -0.05) is 6.92 Å². The molecule has 4 heteroatoms. The van der Waals surface area contributed by atoms with Gasteiger partial charge < -0.3 is 15.1 Å².